The van der Waals surface area contributed by atoms with Crippen molar-refractivity contribution in [2.24, 2.45) is 23.2 Å². The average Bonchev–Trinajstić information content (AvgIpc) is 2.68. The van der Waals surface area contributed by atoms with E-state index in [-0.39, 0.29) is 57.0 Å². The molecule has 2 unspecified atom stereocenters. The standard InChI is InChI=1S/C17H22F2O10S2/c18-17(19,31(22,23)24)13(20)29-15-3-10-1-11(4-15)16(12(2-10)5-15)25-6-14(7-26-16)8-27-30(21)28-9-14/h10-12H,1-9H2,(H,22,23,24). The molecule has 6 aliphatic rings. The fourth-order valence-electron chi connectivity index (χ4n) is 6.02. The number of hydrogen-bond donors (Lipinski definition) is 1. The Balaban J connectivity index is 1.33. The van der Waals surface area contributed by atoms with Gasteiger partial charge in [0.05, 0.1) is 31.8 Å². The normalized spacial score (nSPS) is 47.1. The van der Waals surface area contributed by atoms with Crippen LogP contribution < -0.4 is 0 Å². The summed E-state index contributed by atoms with van der Waals surface area (Å²) in [4.78, 5) is 12.0. The van der Waals surface area contributed by atoms with E-state index in [9.17, 15) is 26.2 Å². The number of hydrogen-bond acceptors (Lipinski definition) is 9. The summed E-state index contributed by atoms with van der Waals surface area (Å²) in [6, 6.07) is 0. The van der Waals surface area contributed by atoms with Crippen molar-refractivity contribution in [2.75, 3.05) is 26.4 Å². The predicted molar refractivity (Wildman–Crippen MR) is 96.0 cm³/mol. The minimum Gasteiger partial charge on any atom is -0.454 e. The lowest BCUT2D eigenvalue weighted by molar-refractivity contribution is -0.397. The van der Waals surface area contributed by atoms with Gasteiger partial charge in [0.2, 0.25) is 0 Å². The van der Waals surface area contributed by atoms with Crippen LogP contribution in [0, 0.1) is 23.2 Å². The van der Waals surface area contributed by atoms with Crippen LogP contribution in [0.1, 0.15) is 32.1 Å². The lowest BCUT2D eigenvalue weighted by atomic mass is 9.51. The van der Waals surface area contributed by atoms with Crippen LogP contribution in [0.3, 0.4) is 0 Å². The number of ether oxygens (including phenoxy) is 3. The second-order valence-corrected chi connectivity index (χ2v) is 11.8. The summed E-state index contributed by atoms with van der Waals surface area (Å²) in [6.45, 7) is 0.796. The van der Waals surface area contributed by atoms with E-state index in [0.717, 1.165) is 0 Å². The van der Waals surface area contributed by atoms with Gasteiger partial charge in [-0.1, -0.05) is 0 Å². The maximum absolute atomic E-state index is 13.8. The first-order valence-electron chi connectivity index (χ1n) is 9.93. The molecule has 0 radical (unpaired) electrons. The highest BCUT2D eigenvalue weighted by Gasteiger charge is 2.68. The van der Waals surface area contributed by atoms with Crippen LogP contribution in [0.4, 0.5) is 8.78 Å². The molecule has 4 bridgehead atoms. The summed E-state index contributed by atoms with van der Waals surface area (Å²) in [5.41, 5.74) is -1.84. The van der Waals surface area contributed by atoms with Gasteiger partial charge in [0.1, 0.15) is 5.60 Å². The molecular weight excluding hydrogens is 466 g/mol. The third-order valence-corrected chi connectivity index (χ3v) is 8.71. The molecule has 2 aliphatic heterocycles. The number of carbonyl (C=O) groups excluding carboxylic acids is 1. The smallest absolute Gasteiger partial charge is 0.454 e. The van der Waals surface area contributed by atoms with Crippen molar-refractivity contribution in [1.29, 1.82) is 0 Å². The van der Waals surface area contributed by atoms with Gasteiger partial charge in [-0.15, -0.1) is 0 Å². The van der Waals surface area contributed by atoms with E-state index in [1.54, 1.807) is 0 Å². The fourth-order valence-corrected chi connectivity index (χ4v) is 7.03. The Kier molecular flexibility index (Phi) is 4.89. The third-order valence-electron chi connectivity index (χ3n) is 7.27. The fraction of sp³-hybridized carbons (Fsp3) is 0.941. The van der Waals surface area contributed by atoms with Crippen LogP contribution in [0.15, 0.2) is 0 Å². The van der Waals surface area contributed by atoms with Crippen molar-refractivity contribution in [3.63, 3.8) is 0 Å². The molecule has 2 saturated heterocycles. The molecule has 0 aromatic rings. The monoisotopic (exact) mass is 488 g/mol. The van der Waals surface area contributed by atoms with Gasteiger partial charge in [-0.2, -0.15) is 21.4 Å². The average molecular weight is 488 g/mol. The minimum atomic E-state index is -5.93. The van der Waals surface area contributed by atoms with E-state index in [0.29, 0.717) is 19.3 Å². The van der Waals surface area contributed by atoms with E-state index in [4.69, 9.17) is 27.1 Å². The van der Waals surface area contributed by atoms with Crippen LogP contribution >= 0.6 is 0 Å². The molecule has 2 heterocycles. The van der Waals surface area contributed by atoms with Crippen LogP contribution in [0.25, 0.3) is 0 Å². The number of carbonyl (C=O) groups is 1. The Labute approximate surface area is 179 Å². The molecule has 6 rings (SSSR count). The van der Waals surface area contributed by atoms with Gasteiger partial charge in [-0.25, -0.2) is 4.79 Å². The molecule has 1 N–H and O–H groups in total. The van der Waals surface area contributed by atoms with Gasteiger partial charge >= 0.3 is 32.7 Å². The highest BCUT2D eigenvalue weighted by molar-refractivity contribution is 7.87. The topological polar surface area (TPSA) is 135 Å². The molecule has 0 amide bonds. The predicted octanol–water partition coefficient (Wildman–Crippen LogP) is 0.944. The maximum Gasteiger partial charge on any atom is 0.465 e. The van der Waals surface area contributed by atoms with Crippen LogP contribution in [0.5, 0.6) is 0 Å². The quantitative estimate of drug-likeness (QED) is 0.452. The first-order valence-corrected chi connectivity index (χ1v) is 12.4. The second-order valence-electron chi connectivity index (χ2n) is 9.44. The lowest BCUT2D eigenvalue weighted by Crippen LogP contribution is -2.70. The van der Waals surface area contributed by atoms with Gasteiger partial charge in [0, 0.05) is 11.8 Å². The van der Waals surface area contributed by atoms with Crippen LogP contribution in [-0.4, -0.2) is 66.2 Å². The van der Waals surface area contributed by atoms with Gasteiger partial charge in [-0.05, 0) is 38.0 Å². The molecule has 0 aromatic carbocycles. The molecular formula is C17H22F2O10S2. The second kappa shape index (κ2) is 6.87. The summed E-state index contributed by atoms with van der Waals surface area (Å²) < 4.78 is 97.1. The molecule has 4 saturated carbocycles. The number of esters is 1. The Bertz CT molecular complexity index is 884. The summed E-state index contributed by atoms with van der Waals surface area (Å²) in [5, 5.41) is -5.03. The zero-order valence-electron chi connectivity index (χ0n) is 16.3. The summed E-state index contributed by atoms with van der Waals surface area (Å²) >= 11 is -1.79. The highest BCUT2D eigenvalue weighted by atomic mass is 32.2. The molecule has 31 heavy (non-hydrogen) atoms. The summed E-state index contributed by atoms with van der Waals surface area (Å²) in [6.07, 6.45) is 2.14. The molecule has 10 nitrogen and oxygen atoms in total. The van der Waals surface area contributed by atoms with E-state index >= 15 is 0 Å². The van der Waals surface area contributed by atoms with E-state index in [1.807, 2.05) is 0 Å². The molecule has 2 atom stereocenters. The Morgan fingerprint density at radius 3 is 2.10 bits per heavy atom. The first-order chi connectivity index (χ1) is 14.4. The van der Waals surface area contributed by atoms with Gasteiger partial charge in [-0.3, -0.25) is 12.9 Å². The van der Waals surface area contributed by atoms with Gasteiger partial charge in [0.25, 0.3) is 0 Å². The summed E-state index contributed by atoms with van der Waals surface area (Å²) in [7, 11) is -5.93. The van der Waals surface area contributed by atoms with E-state index in [1.165, 1.54) is 0 Å². The largest absolute Gasteiger partial charge is 0.465 e. The number of alkyl halides is 2. The number of rotatable bonds is 3. The van der Waals surface area contributed by atoms with Crippen molar-refractivity contribution in [3.05, 3.63) is 0 Å². The van der Waals surface area contributed by atoms with Crippen LogP contribution in [-0.2, 0) is 48.9 Å². The first kappa shape index (κ1) is 22.0. The molecule has 176 valence electrons. The molecule has 2 spiro atoms. The van der Waals surface area contributed by atoms with Crippen molar-refractivity contribution in [2.45, 2.75) is 48.7 Å². The van der Waals surface area contributed by atoms with Gasteiger partial charge < -0.3 is 14.2 Å². The Morgan fingerprint density at radius 1 is 1.03 bits per heavy atom. The van der Waals surface area contributed by atoms with Crippen molar-refractivity contribution < 1.29 is 53.3 Å². The van der Waals surface area contributed by atoms with Crippen molar-refractivity contribution >= 4 is 27.4 Å². The van der Waals surface area contributed by atoms with Crippen LogP contribution in [0.2, 0.25) is 0 Å². The summed E-state index contributed by atoms with van der Waals surface area (Å²) in [5.74, 6) is -3.59. The Morgan fingerprint density at radius 2 is 1.58 bits per heavy atom. The molecule has 4 aliphatic carbocycles. The van der Waals surface area contributed by atoms with E-state index < -0.39 is 49.5 Å². The Hall–Kier alpha value is -0.770. The molecule has 6 fully saturated rings. The zero-order valence-corrected chi connectivity index (χ0v) is 17.9. The van der Waals surface area contributed by atoms with E-state index in [2.05, 4.69) is 0 Å². The maximum atomic E-state index is 13.8. The molecule has 14 heteroatoms. The molecule has 0 aromatic heterocycles. The number of halogens is 2. The van der Waals surface area contributed by atoms with Crippen molar-refractivity contribution in [3.8, 4) is 0 Å². The zero-order chi connectivity index (χ0) is 22.3. The van der Waals surface area contributed by atoms with Crippen molar-refractivity contribution in [1.82, 2.24) is 0 Å². The lowest BCUT2D eigenvalue weighted by Gasteiger charge is -2.65. The SMILES string of the molecule is O=C(OC12CC3CC(C1)C1(OCC4(COS(=O)OC4)CO1)C(C3)C2)C(F)(F)S(=O)(=O)O. The highest BCUT2D eigenvalue weighted by Crippen LogP contribution is 2.64. The van der Waals surface area contributed by atoms with Gasteiger partial charge in [0.15, 0.2) is 5.79 Å². The third kappa shape index (κ3) is 3.37. The minimum absolute atomic E-state index is 0.0992.